The lowest BCUT2D eigenvalue weighted by molar-refractivity contribution is -0.122. The fourth-order valence-electron chi connectivity index (χ4n) is 3.47. The highest BCUT2D eigenvalue weighted by Crippen LogP contribution is 2.28. The molecule has 0 heterocycles. The van der Waals surface area contributed by atoms with Gasteiger partial charge in [0.05, 0.1) is 6.04 Å². The quantitative estimate of drug-likeness (QED) is 0.845. The first kappa shape index (κ1) is 19.4. The molecule has 0 radical (unpaired) electrons. The summed E-state index contributed by atoms with van der Waals surface area (Å²) in [5.41, 5.74) is 7.75. The molecule has 5 heteroatoms. The first-order chi connectivity index (χ1) is 11.6. The zero-order valence-corrected chi connectivity index (χ0v) is 14.8. The molecular weight excluding hydrogens is 339 g/mol. The highest BCUT2D eigenvalue weighted by molar-refractivity contribution is 5.85. The molecule has 3 atom stereocenters. The molecule has 0 aliphatic heterocycles. The first-order valence-electron chi connectivity index (χ1n) is 8.49. The zero-order valence-electron chi connectivity index (χ0n) is 14.0. The molecule has 1 saturated carbocycles. The van der Waals surface area contributed by atoms with E-state index in [1.54, 1.807) is 6.07 Å². The van der Waals surface area contributed by atoms with Crippen LogP contribution in [-0.2, 0) is 4.79 Å². The van der Waals surface area contributed by atoms with E-state index >= 15 is 0 Å². The molecule has 1 unspecified atom stereocenters. The first-order valence-corrected chi connectivity index (χ1v) is 8.49. The van der Waals surface area contributed by atoms with Crippen molar-refractivity contribution in [1.82, 2.24) is 5.32 Å². The molecule has 2 aromatic carbocycles. The highest BCUT2D eigenvalue weighted by atomic mass is 35.5. The van der Waals surface area contributed by atoms with E-state index < -0.39 is 0 Å². The Kier molecular flexibility index (Phi) is 6.97. The Hall–Kier alpha value is -1.91. The summed E-state index contributed by atoms with van der Waals surface area (Å²) in [6.45, 7) is 0. The van der Waals surface area contributed by atoms with Crippen molar-refractivity contribution >= 4 is 18.3 Å². The van der Waals surface area contributed by atoms with E-state index in [1.165, 1.54) is 12.1 Å². The summed E-state index contributed by atoms with van der Waals surface area (Å²) in [5.74, 6) is -0.0927. The number of benzene rings is 2. The average Bonchev–Trinajstić information content (AvgIpc) is 2.98. The van der Waals surface area contributed by atoms with Gasteiger partial charge in [0.25, 0.3) is 0 Å². The highest BCUT2D eigenvalue weighted by Gasteiger charge is 2.27. The number of halogens is 2. The van der Waals surface area contributed by atoms with Crippen LogP contribution < -0.4 is 11.1 Å². The third-order valence-corrected chi connectivity index (χ3v) is 4.79. The lowest BCUT2D eigenvalue weighted by atomic mass is 9.96. The van der Waals surface area contributed by atoms with Crippen LogP contribution in [-0.4, -0.2) is 11.9 Å². The maximum Gasteiger partial charge on any atom is 0.221 e. The Morgan fingerprint density at radius 1 is 1.12 bits per heavy atom. The standard InChI is InChI=1S/C20H23FN2O.ClH/c21-17-10-4-9-16(12-17)20(14-6-2-1-3-7-14)23-19(24)13-15-8-5-11-18(15)22;/h1-4,6-7,9-10,12,15,18,20H,5,8,11,13,22H2,(H,23,24);1H/t15-,18+,20?;/m0./s1. The Morgan fingerprint density at radius 3 is 2.48 bits per heavy atom. The van der Waals surface area contributed by atoms with Gasteiger partial charge in [-0.2, -0.15) is 0 Å². The van der Waals surface area contributed by atoms with Crippen LogP contribution in [0.5, 0.6) is 0 Å². The summed E-state index contributed by atoms with van der Waals surface area (Å²) in [6, 6.07) is 15.8. The van der Waals surface area contributed by atoms with E-state index in [1.807, 2.05) is 36.4 Å². The van der Waals surface area contributed by atoms with Crippen molar-refractivity contribution in [2.24, 2.45) is 11.7 Å². The van der Waals surface area contributed by atoms with Crippen molar-refractivity contribution in [2.75, 3.05) is 0 Å². The van der Waals surface area contributed by atoms with Crippen LogP contribution in [0.15, 0.2) is 54.6 Å². The molecule has 2 aromatic rings. The Balaban J connectivity index is 0.00000225. The van der Waals surface area contributed by atoms with E-state index in [4.69, 9.17) is 5.73 Å². The van der Waals surface area contributed by atoms with E-state index in [0.29, 0.717) is 6.42 Å². The van der Waals surface area contributed by atoms with Gasteiger partial charge in [0, 0.05) is 12.5 Å². The topological polar surface area (TPSA) is 55.1 Å². The van der Waals surface area contributed by atoms with E-state index in [9.17, 15) is 9.18 Å². The van der Waals surface area contributed by atoms with Crippen molar-refractivity contribution in [3.05, 3.63) is 71.5 Å². The second-order valence-electron chi connectivity index (χ2n) is 6.53. The van der Waals surface area contributed by atoms with Gasteiger partial charge in [-0.25, -0.2) is 4.39 Å². The fourth-order valence-corrected chi connectivity index (χ4v) is 3.47. The van der Waals surface area contributed by atoms with Crippen molar-refractivity contribution in [3.8, 4) is 0 Å². The predicted molar refractivity (Wildman–Crippen MR) is 100 cm³/mol. The van der Waals surface area contributed by atoms with Crippen molar-refractivity contribution in [2.45, 2.75) is 37.8 Å². The number of rotatable bonds is 5. The number of hydrogen-bond acceptors (Lipinski definition) is 2. The number of hydrogen-bond donors (Lipinski definition) is 2. The van der Waals surface area contributed by atoms with E-state index in [2.05, 4.69) is 5.32 Å². The largest absolute Gasteiger partial charge is 0.345 e. The molecule has 0 aromatic heterocycles. The molecule has 3 rings (SSSR count). The maximum absolute atomic E-state index is 13.6. The summed E-state index contributed by atoms with van der Waals surface area (Å²) in [4.78, 5) is 12.5. The monoisotopic (exact) mass is 362 g/mol. The van der Waals surface area contributed by atoms with Crippen LogP contribution in [0.2, 0.25) is 0 Å². The number of amides is 1. The molecule has 0 spiro atoms. The lowest BCUT2D eigenvalue weighted by Gasteiger charge is -2.22. The zero-order chi connectivity index (χ0) is 16.9. The molecule has 1 aliphatic rings. The van der Waals surface area contributed by atoms with Gasteiger partial charge in [0.15, 0.2) is 0 Å². The van der Waals surface area contributed by atoms with Crippen molar-refractivity contribution in [3.63, 3.8) is 0 Å². The molecule has 25 heavy (non-hydrogen) atoms. The summed E-state index contributed by atoms with van der Waals surface area (Å²) in [5, 5.41) is 3.06. The minimum atomic E-state index is -0.355. The van der Waals surface area contributed by atoms with Crippen LogP contribution in [0.25, 0.3) is 0 Å². The summed E-state index contributed by atoms with van der Waals surface area (Å²) in [6.07, 6.45) is 3.51. The SMILES string of the molecule is Cl.N[C@@H]1CCC[C@H]1CC(=O)NC(c1ccccc1)c1cccc(F)c1. The molecule has 0 bridgehead atoms. The van der Waals surface area contributed by atoms with Gasteiger partial charge in [-0.15, -0.1) is 12.4 Å². The smallest absolute Gasteiger partial charge is 0.221 e. The minimum absolute atomic E-state index is 0. The Morgan fingerprint density at radius 2 is 1.84 bits per heavy atom. The van der Waals surface area contributed by atoms with Crippen LogP contribution >= 0.6 is 12.4 Å². The molecule has 1 fully saturated rings. The summed E-state index contributed by atoms with van der Waals surface area (Å²) in [7, 11) is 0. The number of nitrogens with two attached hydrogens (primary N) is 1. The maximum atomic E-state index is 13.6. The fraction of sp³-hybridized carbons (Fsp3) is 0.350. The van der Waals surface area contributed by atoms with Gasteiger partial charge in [-0.1, -0.05) is 48.9 Å². The van der Waals surface area contributed by atoms with Crippen molar-refractivity contribution in [1.29, 1.82) is 0 Å². The molecule has 0 saturated heterocycles. The van der Waals surface area contributed by atoms with Crippen molar-refractivity contribution < 1.29 is 9.18 Å². The average molecular weight is 363 g/mol. The van der Waals surface area contributed by atoms with Gasteiger partial charge in [-0.05, 0) is 42.0 Å². The normalized spacial score (nSPS) is 20.6. The predicted octanol–water partition coefficient (Wildman–Crippen LogP) is 3.97. The van der Waals surface area contributed by atoms with Gasteiger partial charge in [-0.3, -0.25) is 4.79 Å². The second-order valence-corrected chi connectivity index (χ2v) is 6.53. The number of carbonyl (C=O) groups is 1. The molecule has 3 N–H and O–H groups in total. The molecule has 134 valence electrons. The molecule has 1 aliphatic carbocycles. The van der Waals surface area contributed by atoms with Gasteiger partial charge < -0.3 is 11.1 Å². The summed E-state index contributed by atoms with van der Waals surface area (Å²) < 4.78 is 13.6. The molecule has 3 nitrogen and oxygen atoms in total. The van der Waals surface area contributed by atoms with Gasteiger partial charge in [0.2, 0.25) is 5.91 Å². The summed E-state index contributed by atoms with van der Waals surface area (Å²) >= 11 is 0. The lowest BCUT2D eigenvalue weighted by Crippen LogP contribution is -2.34. The van der Waals surface area contributed by atoms with E-state index in [-0.39, 0.29) is 42.1 Å². The molecular formula is C20H24ClFN2O. The minimum Gasteiger partial charge on any atom is -0.345 e. The third-order valence-electron chi connectivity index (χ3n) is 4.79. The van der Waals surface area contributed by atoms with Crippen LogP contribution in [0.4, 0.5) is 4.39 Å². The molecule has 1 amide bonds. The third kappa shape index (κ3) is 5.03. The Labute approximate surface area is 154 Å². The van der Waals surface area contributed by atoms with Crippen LogP contribution in [0.1, 0.15) is 42.9 Å². The van der Waals surface area contributed by atoms with E-state index in [0.717, 1.165) is 30.4 Å². The van der Waals surface area contributed by atoms with Gasteiger partial charge >= 0.3 is 0 Å². The number of carbonyl (C=O) groups excluding carboxylic acids is 1. The van der Waals surface area contributed by atoms with Crippen LogP contribution in [0.3, 0.4) is 0 Å². The second kappa shape index (κ2) is 8.97. The van der Waals surface area contributed by atoms with Crippen LogP contribution in [0, 0.1) is 11.7 Å². The van der Waals surface area contributed by atoms with Gasteiger partial charge in [0.1, 0.15) is 5.82 Å². The number of nitrogens with one attached hydrogen (secondary N) is 1. The Bertz CT molecular complexity index is 695.